The molecule has 0 aromatic carbocycles. The molecule has 0 amide bonds. The van der Waals surface area contributed by atoms with Gasteiger partial charge in [0.05, 0.1) is 0 Å². The minimum Gasteiger partial charge on any atom is -0.396 e. The molecular formula is C8H16O2. The fraction of sp³-hybridized carbons (Fsp3) is 0.875. The van der Waals surface area contributed by atoms with Crippen molar-refractivity contribution in [3.8, 4) is 0 Å². The highest BCUT2D eigenvalue weighted by atomic mass is 16.2. The van der Waals surface area contributed by atoms with Gasteiger partial charge in [-0.3, -0.25) is 0 Å². The Morgan fingerprint density at radius 2 is 1.80 bits per heavy atom. The molecule has 10 heavy (non-hydrogen) atoms. The number of rotatable bonds is 6. The molecule has 0 atom stereocenters. The number of hydrogen-bond donors (Lipinski definition) is 1. The number of ketones is 1. The number of carbonyl (C=O) groups excluding carboxylic acids is 1. The van der Waals surface area contributed by atoms with Crippen LogP contribution < -0.4 is 0 Å². The fourth-order valence-corrected chi connectivity index (χ4v) is 0.839. The van der Waals surface area contributed by atoms with Gasteiger partial charge in [0.25, 0.3) is 0 Å². The van der Waals surface area contributed by atoms with Crippen LogP contribution in [0.2, 0.25) is 0 Å². The van der Waals surface area contributed by atoms with Crippen LogP contribution in [0.1, 0.15) is 39.0 Å². The van der Waals surface area contributed by atoms with Gasteiger partial charge < -0.3 is 9.90 Å². The molecule has 1 N–H and O–H groups in total. The lowest BCUT2D eigenvalue weighted by Crippen LogP contribution is -1.89. The van der Waals surface area contributed by atoms with Crippen LogP contribution in [0.3, 0.4) is 0 Å². The molecule has 2 nitrogen and oxygen atoms in total. The van der Waals surface area contributed by atoms with Crippen LogP contribution in [0.15, 0.2) is 0 Å². The number of carbonyl (C=O) groups is 1. The topological polar surface area (TPSA) is 37.3 Å². The van der Waals surface area contributed by atoms with E-state index in [1.165, 1.54) is 0 Å². The summed E-state index contributed by atoms with van der Waals surface area (Å²) in [4.78, 5) is 10.4. The first-order chi connectivity index (χ1) is 4.77. The van der Waals surface area contributed by atoms with Crippen molar-refractivity contribution in [1.82, 2.24) is 0 Å². The van der Waals surface area contributed by atoms with E-state index in [1.54, 1.807) is 6.92 Å². The molecule has 0 aliphatic rings. The average molecular weight is 144 g/mol. The standard InChI is InChI=1S/C8H16O2/c1-8(10)6-4-2-3-5-7-9/h9H,2-7H2,1H3. The van der Waals surface area contributed by atoms with Gasteiger partial charge in [0.15, 0.2) is 0 Å². The Labute approximate surface area is 62.2 Å². The maximum absolute atomic E-state index is 10.4. The minimum absolute atomic E-state index is 0.268. The number of aliphatic hydroxyl groups excluding tert-OH is 1. The minimum atomic E-state index is 0.268. The molecule has 0 rings (SSSR count). The predicted molar refractivity (Wildman–Crippen MR) is 40.9 cm³/mol. The smallest absolute Gasteiger partial charge is 0.129 e. The number of unbranched alkanes of at least 4 members (excludes halogenated alkanes) is 3. The van der Waals surface area contributed by atoms with E-state index in [1.807, 2.05) is 0 Å². The van der Waals surface area contributed by atoms with Crippen LogP contribution in [0, 0.1) is 0 Å². The van der Waals surface area contributed by atoms with E-state index in [2.05, 4.69) is 0 Å². The van der Waals surface area contributed by atoms with Crippen molar-refractivity contribution in [3.63, 3.8) is 0 Å². The van der Waals surface area contributed by atoms with E-state index in [9.17, 15) is 4.79 Å². The van der Waals surface area contributed by atoms with Crippen molar-refractivity contribution in [2.24, 2.45) is 0 Å². The van der Waals surface area contributed by atoms with Crippen molar-refractivity contribution in [3.05, 3.63) is 0 Å². The fourth-order valence-electron chi connectivity index (χ4n) is 0.839. The summed E-state index contributed by atoms with van der Waals surface area (Å²) in [6.07, 6.45) is 4.67. The SMILES string of the molecule is CC(=O)CCCCCCO. The third-order valence-corrected chi connectivity index (χ3v) is 1.44. The lowest BCUT2D eigenvalue weighted by atomic mass is 10.1. The molecule has 0 spiro atoms. The predicted octanol–water partition coefficient (Wildman–Crippen LogP) is 1.52. The van der Waals surface area contributed by atoms with Gasteiger partial charge >= 0.3 is 0 Å². The zero-order chi connectivity index (χ0) is 7.82. The van der Waals surface area contributed by atoms with E-state index in [0.717, 1.165) is 25.7 Å². The molecule has 0 aliphatic heterocycles. The molecule has 60 valence electrons. The largest absolute Gasteiger partial charge is 0.396 e. The quantitative estimate of drug-likeness (QED) is 0.574. The van der Waals surface area contributed by atoms with E-state index >= 15 is 0 Å². The van der Waals surface area contributed by atoms with Gasteiger partial charge in [0.1, 0.15) is 5.78 Å². The van der Waals surface area contributed by atoms with Crippen molar-refractivity contribution >= 4 is 5.78 Å². The highest BCUT2D eigenvalue weighted by molar-refractivity contribution is 5.75. The molecule has 0 saturated carbocycles. The molecule has 0 heterocycles. The second kappa shape index (κ2) is 6.75. The first kappa shape index (κ1) is 9.63. The molecule has 0 unspecified atom stereocenters. The number of aliphatic hydroxyl groups is 1. The Morgan fingerprint density at radius 3 is 2.30 bits per heavy atom. The summed E-state index contributed by atoms with van der Waals surface area (Å²) in [7, 11) is 0. The monoisotopic (exact) mass is 144 g/mol. The summed E-state index contributed by atoms with van der Waals surface area (Å²) >= 11 is 0. The van der Waals surface area contributed by atoms with Crippen LogP contribution in [0.4, 0.5) is 0 Å². The van der Waals surface area contributed by atoms with Crippen LogP contribution in [0.5, 0.6) is 0 Å². The van der Waals surface area contributed by atoms with Gasteiger partial charge in [-0.1, -0.05) is 12.8 Å². The van der Waals surface area contributed by atoms with Gasteiger partial charge in [-0.25, -0.2) is 0 Å². The molecule has 0 radical (unpaired) electrons. The van der Waals surface area contributed by atoms with Gasteiger partial charge in [-0.2, -0.15) is 0 Å². The highest BCUT2D eigenvalue weighted by Crippen LogP contribution is 2.02. The van der Waals surface area contributed by atoms with Gasteiger partial charge in [-0.05, 0) is 19.8 Å². The van der Waals surface area contributed by atoms with Crippen molar-refractivity contribution in [1.29, 1.82) is 0 Å². The summed E-state index contributed by atoms with van der Waals surface area (Å²) in [5.41, 5.74) is 0. The Balaban J connectivity index is 2.84. The van der Waals surface area contributed by atoms with Crippen LogP contribution in [0.25, 0.3) is 0 Å². The molecule has 0 saturated heterocycles. The number of hydrogen-bond acceptors (Lipinski definition) is 2. The van der Waals surface area contributed by atoms with Crippen molar-refractivity contribution in [2.75, 3.05) is 6.61 Å². The van der Waals surface area contributed by atoms with Crippen molar-refractivity contribution in [2.45, 2.75) is 39.0 Å². The van der Waals surface area contributed by atoms with Gasteiger partial charge in [0, 0.05) is 13.0 Å². The summed E-state index contributed by atoms with van der Waals surface area (Å²) in [6.45, 7) is 1.89. The Morgan fingerprint density at radius 1 is 1.20 bits per heavy atom. The molecule has 0 aromatic heterocycles. The first-order valence-electron chi connectivity index (χ1n) is 3.87. The lowest BCUT2D eigenvalue weighted by molar-refractivity contribution is -0.117. The zero-order valence-electron chi connectivity index (χ0n) is 6.60. The molecule has 0 fully saturated rings. The van der Waals surface area contributed by atoms with E-state index in [0.29, 0.717) is 6.42 Å². The zero-order valence-corrected chi connectivity index (χ0v) is 6.60. The van der Waals surface area contributed by atoms with Crippen LogP contribution >= 0.6 is 0 Å². The van der Waals surface area contributed by atoms with Crippen molar-refractivity contribution < 1.29 is 9.90 Å². The third kappa shape index (κ3) is 7.63. The maximum Gasteiger partial charge on any atom is 0.129 e. The van der Waals surface area contributed by atoms with Crippen LogP contribution in [-0.2, 0) is 4.79 Å². The normalized spacial score (nSPS) is 9.80. The first-order valence-corrected chi connectivity index (χ1v) is 3.87. The van der Waals surface area contributed by atoms with E-state index < -0.39 is 0 Å². The lowest BCUT2D eigenvalue weighted by Gasteiger charge is -1.95. The van der Waals surface area contributed by atoms with Gasteiger partial charge in [0.2, 0.25) is 0 Å². The van der Waals surface area contributed by atoms with Gasteiger partial charge in [-0.15, -0.1) is 0 Å². The van der Waals surface area contributed by atoms with E-state index in [-0.39, 0.29) is 12.4 Å². The average Bonchev–Trinajstić information content (AvgIpc) is 1.87. The number of Topliss-reactive ketones (excluding diaryl/α,β-unsaturated/α-hetero) is 1. The molecule has 0 aliphatic carbocycles. The highest BCUT2D eigenvalue weighted by Gasteiger charge is 1.92. The Hall–Kier alpha value is -0.370. The van der Waals surface area contributed by atoms with E-state index in [4.69, 9.17) is 5.11 Å². The molecule has 0 bridgehead atoms. The summed E-state index contributed by atoms with van der Waals surface area (Å²) in [6, 6.07) is 0. The molecular weight excluding hydrogens is 128 g/mol. The molecule has 2 heteroatoms. The summed E-state index contributed by atoms with van der Waals surface area (Å²) in [5.74, 6) is 0.268. The van der Waals surface area contributed by atoms with Crippen LogP contribution in [-0.4, -0.2) is 17.5 Å². The molecule has 0 aromatic rings. The second-order valence-corrected chi connectivity index (χ2v) is 2.59. The second-order valence-electron chi connectivity index (χ2n) is 2.59. The summed E-state index contributed by atoms with van der Waals surface area (Å²) in [5, 5.41) is 8.41. The summed E-state index contributed by atoms with van der Waals surface area (Å²) < 4.78 is 0. The third-order valence-electron chi connectivity index (χ3n) is 1.44. The Bertz CT molecular complexity index is 89.3. The maximum atomic E-state index is 10.4. The Kier molecular flexibility index (Phi) is 6.50.